The summed E-state index contributed by atoms with van der Waals surface area (Å²) in [6.45, 7) is 5.33. The number of hydrogen-bond acceptors (Lipinski definition) is 3. The van der Waals surface area contributed by atoms with Gasteiger partial charge < -0.3 is 5.32 Å². The van der Waals surface area contributed by atoms with E-state index in [1.54, 1.807) is 42.5 Å². The van der Waals surface area contributed by atoms with Crippen LogP contribution in [0.4, 0.5) is 5.69 Å². The fourth-order valence-corrected chi connectivity index (χ4v) is 4.95. The molecular weight excluding hydrogens is 444 g/mol. The van der Waals surface area contributed by atoms with Gasteiger partial charge in [0.15, 0.2) is 0 Å². The van der Waals surface area contributed by atoms with Gasteiger partial charge in [0.25, 0.3) is 10.0 Å². The average molecular weight is 471 g/mol. The van der Waals surface area contributed by atoms with Gasteiger partial charge in [-0.1, -0.05) is 72.6 Å². The molecular formula is C25H27ClN2O3S. The lowest BCUT2D eigenvalue weighted by molar-refractivity contribution is -0.120. The van der Waals surface area contributed by atoms with E-state index in [0.717, 1.165) is 21.0 Å². The van der Waals surface area contributed by atoms with Crippen molar-refractivity contribution < 1.29 is 13.2 Å². The molecule has 0 heterocycles. The van der Waals surface area contributed by atoms with Crippen molar-refractivity contribution in [3.8, 4) is 0 Å². The number of carbonyl (C=O) groups is 1. The highest BCUT2D eigenvalue weighted by molar-refractivity contribution is 7.92. The fourth-order valence-electron chi connectivity index (χ4n) is 3.37. The van der Waals surface area contributed by atoms with E-state index in [9.17, 15) is 13.2 Å². The van der Waals surface area contributed by atoms with E-state index in [1.165, 1.54) is 0 Å². The molecule has 1 N–H and O–H groups in total. The Bertz CT molecular complexity index is 1180. The number of nitrogens with zero attached hydrogens (tertiary/aromatic N) is 1. The molecule has 0 aliphatic rings. The highest BCUT2D eigenvalue weighted by Gasteiger charge is 2.28. The third-order valence-electron chi connectivity index (χ3n) is 5.29. The first-order valence-corrected chi connectivity index (χ1v) is 12.2. The molecule has 0 saturated heterocycles. The highest BCUT2D eigenvalue weighted by atomic mass is 35.5. The maximum absolute atomic E-state index is 13.5. The molecule has 0 aromatic heterocycles. The van der Waals surface area contributed by atoms with Gasteiger partial charge in [-0.2, -0.15) is 0 Å². The second-order valence-electron chi connectivity index (χ2n) is 7.70. The second kappa shape index (κ2) is 10.2. The monoisotopic (exact) mass is 470 g/mol. The molecule has 0 radical (unpaired) electrons. The van der Waals surface area contributed by atoms with Crippen molar-refractivity contribution >= 4 is 33.2 Å². The number of hydrogen-bond donors (Lipinski definition) is 1. The van der Waals surface area contributed by atoms with Crippen LogP contribution in [0, 0.1) is 13.8 Å². The zero-order chi connectivity index (χ0) is 23.3. The molecule has 0 spiro atoms. The molecule has 5 nitrogen and oxygen atoms in total. The fraction of sp³-hybridized carbons (Fsp3) is 0.240. The Kier molecular flexibility index (Phi) is 7.59. The third-order valence-corrected chi connectivity index (χ3v) is 7.48. The van der Waals surface area contributed by atoms with Crippen LogP contribution < -0.4 is 9.62 Å². The Morgan fingerprint density at radius 3 is 2.25 bits per heavy atom. The van der Waals surface area contributed by atoms with E-state index in [1.807, 2.05) is 51.1 Å². The Balaban J connectivity index is 1.94. The summed E-state index contributed by atoms with van der Waals surface area (Å²) in [5.74, 6) is -0.395. The summed E-state index contributed by atoms with van der Waals surface area (Å²) in [7, 11) is -3.99. The van der Waals surface area contributed by atoms with Gasteiger partial charge >= 0.3 is 0 Å². The van der Waals surface area contributed by atoms with Crippen LogP contribution in [0.3, 0.4) is 0 Å². The lowest BCUT2D eigenvalue weighted by atomic mass is 10.0. The number of sulfonamides is 1. The van der Waals surface area contributed by atoms with E-state index in [2.05, 4.69) is 5.32 Å². The largest absolute Gasteiger partial charge is 0.348 e. The van der Waals surface area contributed by atoms with Gasteiger partial charge in [-0.3, -0.25) is 9.10 Å². The van der Waals surface area contributed by atoms with Crippen molar-refractivity contribution in [3.05, 3.63) is 94.5 Å². The minimum atomic E-state index is -3.99. The Morgan fingerprint density at radius 2 is 1.66 bits per heavy atom. The van der Waals surface area contributed by atoms with E-state index >= 15 is 0 Å². The van der Waals surface area contributed by atoms with Crippen molar-refractivity contribution in [2.24, 2.45) is 0 Å². The first-order chi connectivity index (χ1) is 15.2. The molecule has 3 rings (SSSR count). The molecule has 0 bridgehead atoms. The van der Waals surface area contributed by atoms with Gasteiger partial charge in [-0.05, 0) is 55.7 Å². The number of amides is 1. The summed E-state index contributed by atoms with van der Waals surface area (Å²) in [4.78, 5) is 13.1. The summed E-state index contributed by atoms with van der Waals surface area (Å²) < 4.78 is 28.1. The first-order valence-electron chi connectivity index (χ1n) is 10.4. The normalized spacial score (nSPS) is 12.2. The van der Waals surface area contributed by atoms with Crippen molar-refractivity contribution in [2.75, 3.05) is 10.8 Å². The van der Waals surface area contributed by atoms with Crippen LogP contribution in [0.25, 0.3) is 0 Å². The van der Waals surface area contributed by atoms with Gasteiger partial charge in [0.1, 0.15) is 6.54 Å². The number of carbonyl (C=O) groups excluding carboxylic acids is 1. The van der Waals surface area contributed by atoms with Crippen LogP contribution in [0.1, 0.15) is 36.1 Å². The Morgan fingerprint density at radius 1 is 1.00 bits per heavy atom. The minimum absolute atomic E-state index is 0.114. The lowest BCUT2D eigenvalue weighted by Crippen LogP contribution is -2.42. The van der Waals surface area contributed by atoms with Gasteiger partial charge in [-0.15, -0.1) is 0 Å². The standard InChI is InChI=1S/C25H27ClN2O3S/c1-4-24(20-8-6-5-7-9-20)27-25(29)17-28(21-13-12-19(3)23(26)16-21)32(30,31)22-14-10-18(2)11-15-22/h5-16,24H,4,17H2,1-3H3,(H,27,29). The number of halogens is 1. The van der Waals surface area contributed by atoms with Crippen molar-refractivity contribution in [3.63, 3.8) is 0 Å². The molecule has 3 aromatic rings. The van der Waals surface area contributed by atoms with Crippen LogP contribution >= 0.6 is 11.6 Å². The van der Waals surface area contributed by atoms with Gasteiger partial charge in [0.05, 0.1) is 16.6 Å². The molecule has 0 aliphatic heterocycles. The number of anilines is 1. The molecule has 168 valence electrons. The predicted molar refractivity (Wildman–Crippen MR) is 130 cm³/mol. The SMILES string of the molecule is CCC(NC(=O)CN(c1ccc(C)c(Cl)c1)S(=O)(=O)c1ccc(C)cc1)c1ccccc1. The van der Waals surface area contributed by atoms with Gasteiger partial charge in [0.2, 0.25) is 5.91 Å². The van der Waals surface area contributed by atoms with Crippen molar-refractivity contribution in [1.29, 1.82) is 0 Å². The number of aryl methyl sites for hydroxylation is 2. The smallest absolute Gasteiger partial charge is 0.264 e. The maximum Gasteiger partial charge on any atom is 0.264 e. The molecule has 0 aliphatic carbocycles. The van der Waals surface area contributed by atoms with Gasteiger partial charge in [0, 0.05) is 5.02 Å². The van der Waals surface area contributed by atoms with Crippen LogP contribution in [0.5, 0.6) is 0 Å². The van der Waals surface area contributed by atoms with Crippen LogP contribution in [0.15, 0.2) is 77.7 Å². The van der Waals surface area contributed by atoms with Crippen LogP contribution in [0.2, 0.25) is 5.02 Å². The summed E-state index contributed by atoms with van der Waals surface area (Å²) in [5, 5.41) is 3.40. The molecule has 1 atom stereocenters. The molecule has 0 fully saturated rings. The molecule has 1 amide bonds. The highest BCUT2D eigenvalue weighted by Crippen LogP contribution is 2.28. The topological polar surface area (TPSA) is 66.5 Å². The first kappa shape index (κ1) is 23.8. The van der Waals surface area contributed by atoms with E-state index in [4.69, 9.17) is 11.6 Å². The van der Waals surface area contributed by atoms with Crippen molar-refractivity contribution in [1.82, 2.24) is 5.32 Å². The van der Waals surface area contributed by atoms with Crippen LogP contribution in [-0.2, 0) is 14.8 Å². The Labute approximate surface area is 195 Å². The van der Waals surface area contributed by atoms with E-state index < -0.39 is 15.9 Å². The number of rotatable bonds is 8. The molecule has 1 unspecified atom stereocenters. The summed E-state index contributed by atoms with van der Waals surface area (Å²) >= 11 is 6.28. The van der Waals surface area contributed by atoms with E-state index in [-0.39, 0.29) is 17.5 Å². The molecule has 7 heteroatoms. The number of nitrogens with one attached hydrogen (secondary N) is 1. The molecule has 3 aromatic carbocycles. The van der Waals surface area contributed by atoms with Crippen molar-refractivity contribution in [2.45, 2.75) is 38.1 Å². The molecule has 32 heavy (non-hydrogen) atoms. The van der Waals surface area contributed by atoms with Crippen LogP contribution in [-0.4, -0.2) is 20.9 Å². The summed E-state index contributed by atoms with van der Waals surface area (Å²) in [5.41, 5.74) is 3.07. The third kappa shape index (κ3) is 5.50. The van der Waals surface area contributed by atoms with E-state index in [0.29, 0.717) is 17.1 Å². The predicted octanol–water partition coefficient (Wildman–Crippen LogP) is 5.42. The van der Waals surface area contributed by atoms with Gasteiger partial charge in [-0.25, -0.2) is 8.42 Å². The summed E-state index contributed by atoms with van der Waals surface area (Å²) in [6.07, 6.45) is 0.677. The average Bonchev–Trinajstić information content (AvgIpc) is 2.78. The minimum Gasteiger partial charge on any atom is -0.348 e. The maximum atomic E-state index is 13.5. The lowest BCUT2D eigenvalue weighted by Gasteiger charge is -2.26. The summed E-state index contributed by atoms with van der Waals surface area (Å²) in [6, 6.07) is 20.9. The quantitative estimate of drug-likeness (QED) is 0.478. The number of benzene rings is 3. The second-order valence-corrected chi connectivity index (χ2v) is 9.97. The zero-order valence-electron chi connectivity index (χ0n) is 18.4. The Hall–Kier alpha value is -2.83. The molecule has 0 saturated carbocycles. The zero-order valence-corrected chi connectivity index (χ0v) is 20.0.